The second kappa shape index (κ2) is 9.57. The zero-order valence-corrected chi connectivity index (χ0v) is 21.4. The molecule has 2 aliphatic heterocycles. The van der Waals surface area contributed by atoms with Crippen molar-refractivity contribution < 1.29 is 27.4 Å². The van der Waals surface area contributed by atoms with Crippen LogP contribution in [0.3, 0.4) is 0 Å². The predicted molar refractivity (Wildman–Crippen MR) is 138 cm³/mol. The monoisotopic (exact) mass is 537 g/mol. The number of aromatic amines is 1. The lowest BCUT2D eigenvalue weighted by atomic mass is 9.96. The Balaban J connectivity index is 1.28. The van der Waals surface area contributed by atoms with Crippen molar-refractivity contribution in [3.05, 3.63) is 70.7 Å². The molecule has 0 saturated carbocycles. The molecule has 1 unspecified atom stereocenters. The minimum Gasteiger partial charge on any atom is -0.493 e. The van der Waals surface area contributed by atoms with E-state index < -0.39 is 11.7 Å². The van der Waals surface area contributed by atoms with Gasteiger partial charge in [0.25, 0.3) is 0 Å². The van der Waals surface area contributed by atoms with Gasteiger partial charge in [-0.05, 0) is 74.5 Å². The van der Waals surface area contributed by atoms with Gasteiger partial charge in [-0.2, -0.15) is 13.2 Å². The topological polar surface area (TPSA) is 92.4 Å². The first-order chi connectivity index (χ1) is 18.6. The van der Waals surface area contributed by atoms with Crippen molar-refractivity contribution >= 4 is 22.8 Å². The van der Waals surface area contributed by atoms with Crippen molar-refractivity contribution in [2.45, 2.75) is 37.9 Å². The number of rotatable bonds is 5. The molecule has 6 rings (SSSR count). The Morgan fingerprint density at radius 3 is 2.79 bits per heavy atom. The Morgan fingerprint density at radius 1 is 1.15 bits per heavy atom. The molecule has 0 fully saturated rings. The first kappa shape index (κ1) is 25.2. The number of nitrogens with zero attached hydrogens (tertiary/aromatic N) is 3. The zero-order chi connectivity index (χ0) is 27.3. The summed E-state index contributed by atoms with van der Waals surface area (Å²) in [5, 5.41) is 2.76. The summed E-state index contributed by atoms with van der Waals surface area (Å²) in [5.74, 6) is 2.51. The Bertz CT molecular complexity index is 1580. The first-order valence-corrected chi connectivity index (χ1v) is 12.6. The van der Waals surface area contributed by atoms with E-state index in [4.69, 9.17) is 9.47 Å². The Hall–Kier alpha value is -4.12. The van der Waals surface area contributed by atoms with Gasteiger partial charge in [-0.3, -0.25) is 4.79 Å². The predicted octanol–water partition coefficient (Wildman–Crippen LogP) is 5.43. The lowest BCUT2D eigenvalue weighted by molar-refractivity contribution is -0.136. The molecule has 8 nitrogen and oxygen atoms in total. The number of hydrogen-bond donors (Lipinski definition) is 2. The van der Waals surface area contributed by atoms with Gasteiger partial charge in [0.2, 0.25) is 5.91 Å². The number of benzene rings is 2. The van der Waals surface area contributed by atoms with Crippen LogP contribution in [0, 0.1) is 0 Å². The van der Waals surface area contributed by atoms with Gasteiger partial charge in [0.15, 0.2) is 0 Å². The number of halogens is 3. The number of hydrogen-bond acceptors (Lipinski definition) is 6. The summed E-state index contributed by atoms with van der Waals surface area (Å²) in [6.07, 6.45) is -1.54. The number of pyridine rings is 1. The summed E-state index contributed by atoms with van der Waals surface area (Å²) < 4.78 is 53.8. The van der Waals surface area contributed by atoms with E-state index in [-0.39, 0.29) is 23.9 Å². The number of fused-ring (bicyclic) bond motifs is 3. The maximum Gasteiger partial charge on any atom is 0.418 e. The molecule has 1 atom stereocenters. The Labute approximate surface area is 222 Å². The quantitative estimate of drug-likeness (QED) is 0.353. The van der Waals surface area contributed by atoms with Gasteiger partial charge in [-0.15, -0.1) is 0 Å². The minimum absolute atomic E-state index is 0.0778. The molecular weight excluding hydrogens is 511 g/mol. The molecule has 39 heavy (non-hydrogen) atoms. The van der Waals surface area contributed by atoms with Gasteiger partial charge >= 0.3 is 6.18 Å². The summed E-state index contributed by atoms with van der Waals surface area (Å²) in [7, 11) is 3.62. The average Bonchev–Trinajstić information content (AvgIpc) is 3.31. The molecular formula is C28H26F3N5O3. The van der Waals surface area contributed by atoms with Gasteiger partial charge in [0.05, 0.1) is 23.6 Å². The maximum absolute atomic E-state index is 13.9. The van der Waals surface area contributed by atoms with Crippen LogP contribution in [0.1, 0.15) is 40.4 Å². The van der Waals surface area contributed by atoms with Gasteiger partial charge in [0, 0.05) is 24.7 Å². The molecule has 2 N–H and O–H groups in total. The lowest BCUT2D eigenvalue weighted by Crippen LogP contribution is -2.20. The number of imidazole rings is 1. The number of amides is 1. The van der Waals surface area contributed by atoms with E-state index in [1.807, 2.05) is 31.1 Å². The molecule has 0 aliphatic carbocycles. The van der Waals surface area contributed by atoms with Crippen LogP contribution in [0.2, 0.25) is 0 Å². The molecule has 1 amide bonds. The molecule has 4 aromatic rings. The second-order valence-corrected chi connectivity index (χ2v) is 10.2. The van der Waals surface area contributed by atoms with Crippen LogP contribution in [0.5, 0.6) is 17.2 Å². The van der Waals surface area contributed by atoms with Crippen molar-refractivity contribution in [1.82, 2.24) is 19.9 Å². The van der Waals surface area contributed by atoms with E-state index in [0.29, 0.717) is 65.8 Å². The number of nitrogens with one attached hydrogen (secondary N) is 2. The van der Waals surface area contributed by atoms with Crippen LogP contribution in [-0.4, -0.2) is 46.5 Å². The van der Waals surface area contributed by atoms with Gasteiger partial charge < -0.3 is 24.7 Å². The van der Waals surface area contributed by atoms with E-state index in [1.54, 1.807) is 24.4 Å². The van der Waals surface area contributed by atoms with Crippen molar-refractivity contribution in [2.75, 3.05) is 26.0 Å². The van der Waals surface area contributed by atoms with Crippen LogP contribution in [0.4, 0.5) is 19.0 Å². The first-order valence-electron chi connectivity index (χ1n) is 12.6. The lowest BCUT2D eigenvalue weighted by Gasteiger charge is -2.25. The molecule has 0 saturated heterocycles. The second-order valence-electron chi connectivity index (χ2n) is 10.2. The molecule has 0 bridgehead atoms. The maximum atomic E-state index is 13.9. The van der Waals surface area contributed by atoms with Crippen molar-refractivity contribution in [1.29, 1.82) is 0 Å². The highest BCUT2D eigenvalue weighted by atomic mass is 19.4. The Kier molecular flexibility index (Phi) is 6.17. The summed E-state index contributed by atoms with van der Waals surface area (Å²) in [6, 6.07) is 10.1. The third-order valence-electron chi connectivity index (χ3n) is 6.89. The number of H-pyrrole nitrogens is 1. The van der Waals surface area contributed by atoms with Crippen molar-refractivity contribution in [3.8, 4) is 17.2 Å². The van der Waals surface area contributed by atoms with Gasteiger partial charge in [0.1, 0.15) is 34.4 Å². The fourth-order valence-electron chi connectivity index (χ4n) is 5.15. The van der Waals surface area contributed by atoms with Crippen molar-refractivity contribution in [2.24, 2.45) is 0 Å². The fourth-order valence-corrected chi connectivity index (χ4v) is 5.15. The minimum atomic E-state index is -4.52. The largest absolute Gasteiger partial charge is 0.493 e. The summed E-state index contributed by atoms with van der Waals surface area (Å²) in [5.41, 5.74) is 1.78. The highest BCUT2D eigenvalue weighted by Crippen LogP contribution is 2.39. The highest BCUT2D eigenvalue weighted by Gasteiger charge is 2.35. The molecule has 202 valence electrons. The number of aromatic nitrogens is 3. The van der Waals surface area contributed by atoms with Crippen LogP contribution < -0.4 is 14.8 Å². The number of carbonyl (C=O) groups excluding carboxylic acids is 1. The van der Waals surface area contributed by atoms with Crippen LogP contribution in [0.15, 0.2) is 42.6 Å². The van der Waals surface area contributed by atoms with E-state index in [2.05, 4.69) is 20.3 Å². The number of carbonyl (C=O) groups is 1. The fraction of sp³-hybridized carbons (Fsp3) is 0.321. The number of anilines is 1. The van der Waals surface area contributed by atoms with E-state index in [1.165, 1.54) is 6.07 Å². The molecule has 11 heteroatoms. The smallest absolute Gasteiger partial charge is 0.418 e. The third-order valence-corrected chi connectivity index (χ3v) is 6.89. The van der Waals surface area contributed by atoms with Crippen LogP contribution >= 0.6 is 0 Å². The van der Waals surface area contributed by atoms with E-state index in [0.717, 1.165) is 11.1 Å². The van der Waals surface area contributed by atoms with Crippen LogP contribution in [-0.2, 0) is 30.4 Å². The molecule has 2 aromatic heterocycles. The standard InChI is InChI=1S/C28H26F3N5O3/c1-36(2)13-15-9-20(28(29,30)31)25-21(10-15)33-26(35-25)17-11-16-12-18(3-5-22(16)38-14-17)39-23-7-8-32-27-19(23)4-6-24(37)34-27/h3,5,7-10,12,17H,4,6,11,13-14H2,1-2H3,(H,33,35)(H,32,34,37). The number of alkyl halides is 3. The molecule has 2 aromatic carbocycles. The normalized spacial score (nSPS) is 17.0. The van der Waals surface area contributed by atoms with Gasteiger partial charge in [-0.1, -0.05) is 0 Å². The zero-order valence-electron chi connectivity index (χ0n) is 21.4. The van der Waals surface area contributed by atoms with Crippen LogP contribution in [0.25, 0.3) is 11.0 Å². The molecule has 0 radical (unpaired) electrons. The van der Waals surface area contributed by atoms with Gasteiger partial charge in [-0.25, -0.2) is 9.97 Å². The highest BCUT2D eigenvalue weighted by molar-refractivity contribution is 5.93. The SMILES string of the molecule is CN(C)Cc1cc(C(F)(F)F)c2nc(C3COc4ccc(Oc5ccnc6c5CCC(=O)N6)cc4C3)[nH]c2c1. The van der Waals surface area contributed by atoms with E-state index in [9.17, 15) is 18.0 Å². The third kappa shape index (κ3) is 5.01. The molecule has 0 spiro atoms. The van der Waals surface area contributed by atoms with E-state index >= 15 is 0 Å². The van der Waals surface area contributed by atoms with Crippen molar-refractivity contribution in [3.63, 3.8) is 0 Å². The molecule has 4 heterocycles. The molecule has 2 aliphatic rings. The Morgan fingerprint density at radius 2 is 2.00 bits per heavy atom. The average molecular weight is 538 g/mol. The summed E-state index contributed by atoms with van der Waals surface area (Å²) >= 11 is 0. The summed E-state index contributed by atoms with van der Waals surface area (Å²) in [4.78, 5) is 25.3. The summed E-state index contributed by atoms with van der Waals surface area (Å²) in [6.45, 7) is 0.666. The number of ether oxygens (including phenoxy) is 2.